The van der Waals surface area contributed by atoms with Gasteiger partial charge < -0.3 is 4.90 Å². The number of pyridine rings is 1. The first-order valence-electron chi connectivity index (χ1n) is 9.65. The Bertz CT molecular complexity index is 830. The molecule has 3 heterocycles. The molecule has 2 fully saturated rings. The number of rotatable bonds is 2. The molecular formula is C19H25N5O2. The van der Waals surface area contributed by atoms with E-state index in [0.717, 1.165) is 44.9 Å². The zero-order valence-corrected chi connectivity index (χ0v) is 15.2. The maximum absolute atomic E-state index is 13.4. The van der Waals surface area contributed by atoms with Crippen LogP contribution in [0.2, 0.25) is 0 Å². The second kappa shape index (κ2) is 7.13. The van der Waals surface area contributed by atoms with Gasteiger partial charge in [-0.05, 0) is 31.7 Å². The topological polar surface area (TPSA) is 81.0 Å². The van der Waals surface area contributed by atoms with Crippen LogP contribution < -0.4 is 0 Å². The van der Waals surface area contributed by atoms with Crippen molar-refractivity contribution in [3.8, 4) is 0 Å². The Hall–Kier alpha value is -2.31. The lowest BCUT2D eigenvalue weighted by atomic mass is 9.80. The van der Waals surface area contributed by atoms with Crippen LogP contribution in [-0.4, -0.2) is 49.2 Å². The van der Waals surface area contributed by atoms with Crippen molar-refractivity contribution in [1.29, 1.82) is 0 Å². The highest BCUT2D eigenvalue weighted by Crippen LogP contribution is 2.32. The molecule has 2 aromatic heterocycles. The van der Waals surface area contributed by atoms with Crippen LogP contribution in [0.3, 0.4) is 0 Å². The van der Waals surface area contributed by atoms with Crippen LogP contribution in [-0.2, 0) is 11.8 Å². The van der Waals surface area contributed by atoms with Crippen LogP contribution in [0.25, 0.3) is 11.2 Å². The molecule has 2 aliphatic rings. The average molecular weight is 355 g/mol. The lowest BCUT2D eigenvalue weighted by Crippen LogP contribution is -2.47. The quantitative estimate of drug-likeness (QED) is 0.827. The Kier molecular flexibility index (Phi) is 4.70. The number of carbonyl (C=O) groups is 2. The van der Waals surface area contributed by atoms with E-state index in [1.807, 2.05) is 4.90 Å². The molecular weight excluding hydrogens is 330 g/mol. The molecule has 0 N–H and O–H groups in total. The molecule has 1 amide bonds. The predicted octanol–water partition coefficient (Wildman–Crippen LogP) is 2.51. The van der Waals surface area contributed by atoms with E-state index in [4.69, 9.17) is 0 Å². The molecule has 1 saturated carbocycles. The van der Waals surface area contributed by atoms with Gasteiger partial charge in [0.05, 0.1) is 5.56 Å². The van der Waals surface area contributed by atoms with Crippen LogP contribution in [0.15, 0.2) is 12.3 Å². The molecule has 1 aliphatic carbocycles. The summed E-state index contributed by atoms with van der Waals surface area (Å²) in [5.41, 5.74) is 1.69. The minimum atomic E-state index is -0.0387. The molecule has 1 aliphatic heterocycles. The van der Waals surface area contributed by atoms with Gasteiger partial charge in [-0.15, -0.1) is 5.10 Å². The van der Waals surface area contributed by atoms with E-state index in [9.17, 15) is 9.59 Å². The third kappa shape index (κ3) is 2.99. The summed E-state index contributed by atoms with van der Waals surface area (Å²) < 4.78 is 1.58. The molecule has 138 valence electrons. The number of aromatic nitrogens is 4. The van der Waals surface area contributed by atoms with Crippen molar-refractivity contribution >= 4 is 22.9 Å². The van der Waals surface area contributed by atoms with Gasteiger partial charge in [0, 0.05) is 38.2 Å². The maximum Gasteiger partial charge on any atom is 0.256 e. The zero-order valence-electron chi connectivity index (χ0n) is 15.2. The molecule has 7 nitrogen and oxygen atoms in total. The summed E-state index contributed by atoms with van der Waals surface area (Å²) in [4.78, 5) is 32.2. The monoisotopic (exact) mass is 355 g/mol. The van der Waals surface area contributed by atoms with Gasteiger partial charge in [-0.1, -0.05) is 24.5 Å². The van der Waals surface area contributed by atoms with Gasteiger partial charge in [-0.2, -0.15) is 0 Å². The Morgan fingerprint density at radius 1 is 1.15 bits per heavy atom. The Balaban J connectivity index is 1.69. The smallest absolute Gasteiger partial charge is 0.256 e. The molecule has 2 atom stereocenters. The van der Waals surface area contributed by atoms with Crippen molar-refractivity contribution in [2.45, 2.75) is 57.4 Å². The van der Waals surface area contributed by atoms with E-state index < -0.39 is 0 Å². The predicted molar refractivity (Wildman–Crippen MR) is 96.6 cm³/mol. The number of Topliss-reactive ketones (excluding diaryl/α,β-unsaturated/α-hetero) is 1. The van der Waals surface area contributed by atoms with E-state index in [2.05, 4.69) is 15.3 Å². The summed E-state index contributed by atoms with van der Waals surface area (Å²) in [6.45, 7) is 0.706. The summed E-state index contributed by atoms with van der Waals surface area (Å²) in [5, 5.41) is 8.15. The number of carbonyl (C=O) groups excluding carboxylic acids is 2. The first-order chi connectivity index (χ1) is 12.7. The number of fused-ring (bicyclic) bond motifs is 1. The number of amides is 1. The summed E-state index contributed by atoms with van der Waals surface area (Å²) in [5.74, 6) is 0.286. The molecule has 1 saturated heterocycles. The molecule has 4 rings (SSSR count). The van der Waals surface area contributed by atoms with Gasteiger partial charge in [0.2, 0.25) is 0 Å². The van der Waals surface area contributed by atoms with Crippen molar-refractivity contribution in [3.05, 3.63) is 17.8 Å². The normalized spacial score (nSPS) is 24.7. The second-order valence-corrected chi connectivity index (χ2v) is 7.48. The van der Waals surface area contributed by atoms with Gasteiger partial charge >= 0.3 is 0 Å². The summed E-state index contributed by atoms with van der Waals surface area (Å²) in [6.07, 6.45) is 9.36. The number of hydrogen-bond acceptors (Lipinski definition) is 5. The third-order valence-electron chi connectivity index (χ3n) is 5.85. The first-order valence-corrected chi connectivity index (χ1v) is 9.65. The van der Waals surface area contributed by atoms with Crippen molar-refractivity contribution in [2.75, 3.05) is 6.54 Å². The fourth-order valence-electron chi connectivity index (χ4n) is 4.48. The summed E-state index contributed by atoms with van der Waals surface area (Å²) in [7, 11) is 1.77. The molecule has 0 aromatic carbocycles. The lowest BCUT2D eigenvalue weighted by Gasteiger charge is -2.37. The van der Waals surface area contributed by atoms with Crippen LogP contribution in [0, 0.1) is 5.92 Å². The van der Waals surface area contributed by atoms with E-state index in [-0.39, 0.29) is 17.9 Å². The van der Waals surface area contributed by atoms with Crippen LogP contribution in [0.5, 0.6) is 0 Å². The third-order valence-corrected chi connectivity index (χ3v) is 5.85. The van der Waals surface area contributed by atoms with Crippen molar-refractivity contribution in [2.24, 2.45) is 13.0 Å². The second-order valence-electron chi connectivity index (χ2n) is 7.48. The Morgan fingerprint density at radius 3 is 2.85 bits per heavy atom. The molecule has 2 unspecified atom stereocenters. The number of aryl methyl sites for hydroxylation is 1. The van der Waals surface area contributed by atoms with Gasteiger partial charge in [0.1, 0.15) is 11.3 Å². The number of ketones is 1. The standard InChI is InChI=1S/C19H25N5O2/c1-23-18-17(21-22-23)14(10-11-20-18)19(26)24-12-6-2-3-8-15(24)13-7-4-5-9-16(13)25/h10-11,13,15H,2-9,12H2,1H3. The Morgan fingerprint density at radius 2 is 2.00 bits per heavy atom. The van der Waals surface area contributed by atoms with Gasteiger partial charge in [0.15, 0.2) is 5.65 Å². The number of likely N-dealkylation sites (tertiary alicyclic amines) is 1. The summed E-state index contributed by atoms with van der Waals surface area (Å²) in [6, 6.07) is 1.74. The minimum absolute atomic E-state index is 0.00927. The minimum Gasteiger partial charge on any atom is -0.335 e. The van der Waals surface area contributed by atoms with Gasteiger partial charge in [-0.25, -0.2) is 9.67 Å². The van der Waals surface area contributed by atoms with Crippen molar-refractivity contribution < 1.29 is 9.59 Å². The first kappa shape index (κ1) is 17.1. The number of nitrogens with zero attached hydrogens (tertiary/aromatic N) is 5. The molecule has 0 radical (unpaired) electrons. The summed E-state index contributed by atoms with van der Waals surface area (Å²) >= 11 is 0. The highest BCUT2D eigenvalue weighted by atomic mass is 16.2. The van der Waals surface area contributed by atoms with Crippen LogP contribution in [0.4, 0.5) is 0 Å². The van der Waals surface area contributed by atoms with E-state index in [1.165, 1.54) is 0 Å². The van der Waals surface area contributed by atoms with Crippen molar-refractivity contribution in [3.63, 3.8) is 0 Å². The molecule has 0 spiro atoms. The zero-order chi connectivity index (χ0) is 18.1. The lowest BCUT2D eigenvalue weighted by molar-refractivity contribution is -0.126. The van der Waals surface area contributed by atoms with Crippen LogP contribution in [0.1, 0.15) is 61.7 Å². The van der Waals surface area contributed by atoms with E-state index in [1.54, 1.807) is 24.0 Å². The maximum atomic E-state index is 13.4. The van der Waals surface area contributed by atoms with Crippen molar-refractivity contribution in [1.82, 2.24) is 24.9 Å². The molecule has 7 heteroatoms. The highest BCUT2D eigenvalue weighted by molar-refractivity contribution is 6.04. The van der Waals surface area contributed by atoms with E-state index >= 15 is 0 Å². The SMILES string of the molecule is Cn1nnc2c(C(=O)N3CCCCCC3C3CCCCC3=O)ccnc21. The van der Waals surface area contributed by atoms with Gasteiger partial charge in [0.25, 0.3) is 5.91 Å². The number of hydrogen-bond donors (Lipinski definition) is 0. The average Bonchev–Trinajstić information content (AvgIpc) is 2.89. The fourth-order valence-corrected chi connectivity index (χ4v) is 4.48. The van der Waals surface area contributed by atoms with E-state index in [0.29, 0.717) is 35.5 Å². The van der Waals surface area contributed by atoms with Gasteiger partial charge in [-0.3, -0.25) is 9.59 Å². The molecule has 2 aromatic rings. The molecule has 0 bridgehead atoms. The Labute approximate surface area is 152 Å². The molecule has 26 heavy (non-hydrogen) atoms. The highest BCUT2D eigenvalue weighted by Gasteiger charge is 2.37. The van der Waals surface area contributed by atoms with Crippen LogP contribution >= 0.6 is 0 Å². The fraction of sp³-hybridized carbons (Fsp3) is 0.632. The largest absolute Gasteiger partial charge is 0.335 e.